The monoisotopic (exact) mass is 262 g/mol. The van der Waals surface area contributed by atoms with Crippen LogP contribution in [0.3, 0.4) is 0 Å². The molecule has 1 unspecified atom stereocenters. The van der Waals surface area contributed by atoms with Crippen LogP contribution >= 0.6 is 0 Å². The van der Waals surface area contributed by atoms with Gasteiger partial charge in [-0.3, -0.25) is 4.90 Å². The zero-order chi connectivity index (χ0) is 14.1. The molecule has 0 aliphatic carbocycles. The van der Waals surface area contributed by atoms with Crippen LogP contribution < -0.4 is 5.32 Å². The Bertz CT molecular complexity index is 332. The van der Waals surface area contributed by atoms with Crippen molar-refractivity contribution in [3.05, 3.63) is 35.4 Å². The van der Waals surface area contributed by atoms with Crippen LogP contribution in [-0.4, -0.2) is 31.6 Å². The summed E-state index contributed by atoms with van der Waals surface area (Å²) < 4.78 is 0. The molecule has 0 aliphatic rings. The first kappa shape index (κ1) is 16.2. The smallest absolute Gasteiger partial charge is 0.0233 e. The van der Waals surface area contributed by atoms with Crippen LogP contribution in [0.4, 0.5) is 0 Å². The molecular weight excluding hydrogens is 232 g/mol. The van der Waals surface area contributed by atoms with Gasteiger partial charge in [0.05, 0.1) is 0 Å². The molecule has 0 heterocycles. The average Bonchev–Trinajstić information content (AvgIpc) is 2.44. The fourth-order valence-electron chi connectivity index (χ4n) is 2.36. The number of rotatable bonds is 9. The second-order valence-corrected chi connectivity index (χ2v) is 5.42. The van der Waals surface area contributed by atoms with E-state index in [0.717, 1.165) is 19.6 Å². The molecule has 1 atom stereocenters. The summed E-state index contributed by atoms with van der Waals surface area (Å²) in [5.41, 5.74) is 2.85. The minimum atomic E-state index is 0.585. The Kier molecular flexibility index (Phi) is 7.76. The second kappa shape index (κ2) is 9.11. The Hall–Kier alpha value is -0.860. The molecule has 1 aromatic carbocycles. The normalized spacial score (nSPS) is 12.9. The van der Waals surface area contributed by atoms with E-state index in [1.807, 2.05) is 7.05 Å². The van der Waals surface area contributed by atoms with Gasteiger partial charge < -0.3 is 5.32 Å². The Labute approximate surface area is 119 Å². The molecule has 1 rings (SSSR count). The van der Waals surface area contributed by atoms with E-state index in [1.165, 1.54) is 30.5 Å². The Balaban J connectivity index is 2.55. The van der Waals surface area contributed by atoms with Crippen LogP contribution in [0.1, 0.15) is 50.7 Å². The topological polar surface area (TPSA) is 15.3 Å². The largest absolute Gasteiger partial charge is 0.319 e. The van der Waals surface area contributed by atoms with E-state index in [9.17, 15) is 0 Å². The first-order chi connectivity index (χ1) is 9.21. The zero-order valence-electron chi connectivity index (χ0n) is 13.1. The quantitative estimate of drug-likeness (QED) is 0.731. The van der Waals surface area contributed by atoms with Crippen molar-refractivity contribution in [2.24, 2.45) is 0 Å². The maximum absolute atomic E-state index is 3.24. The van der Waals surface area contributed by atoms with E-state index in [0.29, 0.717) is 5.92 Å². The van der Waals surface area contributed by atoms with Crippen LogP contribution in [0.5, 0.6) is 0 Å². The molecule has 0 bridgehead atoms. The molecule has 0 saturated heterocycles. The molecule has 0 aliphatic heterocycles. The van der Waals surface area contributed by atoms with Gasteiger partial charge in [-0.2, -0.15) is 0 Å². The van der Waals surface area contributed by atoms with Gasteiger partial charge in [0.15, 0.2) is 0 Å². The minimum absolute atomic E-state index is 0.585. The molecule has 108 valence electrons. The lowest BCUT2D eigenvalue weighted by atomic mass is 10.00. The fourth-order valence-corrected chi connectivity index (χ4v) is 2.36. The van der Waals surface area contributed by atoms with Gasteiger partial charge in [0.25, 0.3) is 0 Å². The fraction of sp³-hybridized carbons (Fsp3) is 0.647. The number of unbranched alkanes of at least 4 members (excludes halogenated alkanes) is 1. The van der Waals surface area contributed by atoms with Gasteiger partial charge in [-0.25, -0.2) is 0 Å². The predicted octanol–water partition coefficient (Wildman–Crippen LogP) is 3.63. The first-order valence-electron chi connectivity index (χ1n) is 7.67. The minimum Gasteiger partial charge on any atom is -0.319 e. The summed E-state index contributed by atoms with van der Waals surface area (Å²) in [5, 5.41) is 3.24. The van der Waals surface area contributed by atoms with E-state index in [2.05, 4.69) is 55.3 Å². The van der Waals surface area contributed by atoms with Gasteiger partial charge in [0, 0.05) is 13.1 Å². The van der Waals surface area contributed by atoms with E-state index in [1.54, 1.807) is 0 Å². The highest BCUT2D eigenvalue weighted by molar-refractivity contribution is 5.25. The summed E-state index contributed by atoms with van der Waals surface area (Å²) in [7, 11) is 2.01. The second-order valence-electron chi connectivity index (χ2n) is 5.42. The molecule has 0 amide bonds. The Morgan fingerprint density at radius 3 is 2.37 bits per heavy atom. The molecule has 1 aromatic rings. The lowest BCUT2D eigenvalue weighted by molar-refractivity contribution is 0.275. The van der Waals surface area contributed by atoms with Crippen LogP contribution in [0.25, 0.3) is 0 Å². The molecule has 0 saturated carbocycles. The molecule has 19 heavy (non-hydrogen) atoms. The SMILES string of the molecule is CCCCN(CC)Cc1ccc(C(C)CNC)cc1. The summed E-state index contributed by atoms with van der Waals surface area (Å²) in [6.07, 6.45) is 2.57. The molecule has 2 nitrogen and oxygen atoms in total. The third kappa shape index (κ3) is 5.75. The van der Waals surface area contributed by atoms with Crippen molar-refractivity contribution in [1.82, 2.24) is 10.2 Å². The summed E-state index contributed by atoms with van der Waals surface area (Å²) in [6, 6.07) is 9.14. The van der Waals surface area contributed by atoms with Gasteiger partial charge in [-0.05, 0) is 43.6 Å². The van der Waals surface area contributed by atoms with Crippen molar-refractivity contribution in [1.29, 1.82) is 0 Å². The molecule has 0 radical (unpaired) electrons. The van der Waals surface area contributed by atoms with Crippen molar-refractivity contribution in [3.63, 3.8) is 0 Å². The summed E-state index contributed by atoms with van der Waals surface area (Å²) in [4.78, 5) is 2.52. The van der Waals surface area contributed by atoms with Crippen molar-refractivity contribution in [2.75, 3.05) is 26.7 Å². The van der Waals surface area contributed by atoms with Crippen LogP contribution in [0, 0.1) is 0 Å². The van der Waals surface area contributed by atoms with Crippen LogP contribution in [0.15, 0.2) is 24.3 Å². The number of nitrogens with zero attached hydrogens (tertiary/aromatic N) is 1. The number of likely N-dealkylation sites (N-methyl/N-ethyl adjacent to an activating group) is 1. The van der Waals surface area contributed by atoms with Crippen molar-refractivity contribution < 1.29 is 0 Å². The highest BCUT2D eigenvalue weighted by atomic mass is 15.1. The third-order valence-corrected chi connectivity index (χ3v) is 3.74. The molecule has 0 aromatic heterocycles. The number of hydrogen-bond acceptors (Lipinski definition) is 2. The van der Waals surface area contributed by atoms with E-state index >= 15 is 0 Å². The van der Waals surface area contributed by atoms with Gasteiger partial charge in [-0.1, -0.05) is 51.5 Å². The highest BCUT2D eigenvalue weighted by Crippen LogP contribution is 2.16. The molecule has 1 N–H and O–H groups in total. The van der Waals surface area contributed by atoms with E-state index in [-0.39, 0.29) is 0 Å². The van der Waals surface area contributed by atoms with Crippen molar-refractivity contribution in [3.8, 4) is 0 Å². The van der Waals surface area contributed by atoms with Crippen LogP contribution in [0.2, 0.25) is 0 Å². The van der Waals surface area contributed by atoms with Gasteiger partial charge in [-0.15, -0.1) is 0 Å². The lowest BCUT2D eigenvalue weighted by Gasteiger charge is -2.20. The number of benzene rings is 1. The predicted molar refractivity (Wildman–Crippen MR) is 84.6 cm³/mol. The molecule has 0 fully saturated rings. The summed E-state index contributed by atoms with van der Waals surface area (Å²) >= 11 is 0. The van der Waals surface area contributed by atoms with Crippen molar-refractivity contribution in [2.45, 2.75) is 46.1 Å². The maximum atomic E-state index is 3.24. The van der Waals surface area contributed by atoms with E-state index < -0.39 is 0 Å². The highest BCUT2D eigenvalue weighted by Gasteiger charge is 2.06. The lowest BCUT2D eigenvalue weighted by Crippen LogP contribution is -2.23. The molecule has 0 spiro atoms. The Morgan fingerprint density at radius 2 is 1.84 bits per heavy atom. The van der Waals surface area contributed by atoms with Gasteiger partial charge in [0.2, 0.25) is 0 Å². The average molecular weight is 262 g/mol. The van der Waals surface area contributed by atoms with Crippen molar-refractivity contribution >= 4 is 0 Å². The zero-order valence-corrected chi connectivity index (χ0v) is 13.1. The maximum Gasteiger partial charge on any atom is 0.0233 e. The first-order valence-corrected chi connectivity index (χ1v) is 7.67. The third-order valence-electron chi connectivity index (χ3n) is 3.74. The molecular formula is C17H30N2. The molecule has 2 heteroatoms. The van der Waals surface area contributed by atoms with Crippen LogP contribution in [-0.2, 0) is 6.54 Å². The summed E-state index contributed by atoms with van der Waals surface area (Å²) in [6.45, 7) is 11.2. The number of hydrogen-bond donors (Lipinski definition) is 1. The van der Waals surface area contributed by atoms with Gasteiger partial charge >= 0.3 is 0 Å². The Morgan fingerprint density at radius 1 is 1.16 bits per heavy atom. The van der Waals surface area contributed by atoms with E-state index in [4.69, 9.17) is 0 Å². The standard InChI is InChI=1S/C17H30N2/c1-5-7-12-19(6-2)14-16-8-10-17(11-9-16)15(3)13-18-4/h8-11,15,18H,5-7,12-14H2,1-4H3. The summed E-state index contributed by atoms with van der Waals surface area (Å²) in [5.74, 6) is 0.585. The van der Waals surface area contributed by atoms with Gasteiger partial charge in [0.1, 0.15) is 0 Å². The number of nitrogens with one attached hydrogen (secondary N) is 1.